The lowest BCUT2D eigenvalue weighted by atomic mass is 10.2. The number of benzene rings is 1. The van der Waals surface area contributed by atoms with Crippen LogP contribution in [0.15, 0.2) is 24.3 Å². The first-order chi connectivity index (χ1) is 13.6. The molecule has 1 heterocycles. The van der Waals surface area contributed by atoms with Crippen molar-refractivity contribution in [2.24, 2.45) is 11.8 Å². The third-order valence-electron chi connectivity index (χ3n) is 4.35. The highest BCUT2D eigenvalue weighted by atomic mass is 35.5. The molecule has 1 fully saturated rings. The molecule has 1 N–H and O–H groups in total. The van der Waals surface area contributed by atoms with E-state index in [0.717, 1.165) is 4.90 Å². The van der Waals surface area contributed by atoms with Gasteiger partial charge in [0.2, 0.25) is 0 Å². The minimum absolute atomic E-state index is 0.0191. The Morgan fingerprint density at radius 2 is 1.86 bits per heavy atom. The van der Waals surface area contributed by atoms with Crippen LogP contribution in [0.4, 0.5) is 4.79 Å². The SMILES string of the molecule is CC(C)C(=O)O[C@H](OC(=O)N1C[C@@H](Oc2cccc(Cl)c2)C[C@H]1C(=O)O)C(C)C. The second-order valence-electron chi connectivity index (χ2n) is 7.53. The number of hydrogen-bond acceptors (Lipinski definition) is 6. The topological polar surface area (TPSA) is 102 Å². The molecule has 1 aliphatic rings. The van der Waals surface area contributed by atoms with Crippen molar-refractivity contribution in [3.8, 4) is 5.75 Å². The Balaban J connectivity index is 2.08. The monoisotopic (exact) mass is 427 g/mol. The zero-order chi connectivity index (χ0) is 21.7. The molecule has 160 valence electrons. The van der Waals surface area contributed by atoms with Crippen molar-refractivity contribution < 1.29 is 33.7 Å². The van der Waals surface area contributed by atoms with Gasteiger partial charge < -0.3 is 19.3 Å². The summed E-state index contributed by atoms with van der Waals surface area (Å²) in [5, 5.41) is 10.00. The fourth-order valence-electron chi connectivity index (χ4n) is 2.77. The summed E-state index contributed by atoms with van der Waals surface area (Å²) >= 11 is 5.94. The Morgan fingerprint density at radius 3 is 2.41 bits per heavy atom. The predicted molar refractivity (Wildman–Crippen MR) is 105 cm³/mol. The lowest BCUT2D eigenvalue weighted by molar-refractivity contribution is -0.181. The maximum absolute atomic E-state index is 12.7. The van der Waals surface area contributed by atoms with E-state index in [2.05, 4.69) is 0 Å². The highest BCUT2D eigenvalue weighted by molar-refractivity contribution is 6.30. The zero-order valence-electron chi connectivity index (χ0n) is 16.8. The third-order valence-corrected chi connectivity index (χ3v) is 4.58. The van der Waals surface area contributed by atoms with E-state index in [1.807, 2.05) is 0 Å². The summed E-state index contributed by atoms with van der Waals surface area (Å²) in [5.41, 5.74) is 0. The zero-order valence-corrected chi connectivity index (χ0v) is 17.6. The van der Waals surface area contributed by atoms with Gasteiger partial charge >= 0.3 is 18.0 Å². The van der Waals surface area contributed by atoms with Gasteiger partial charge in [-0.15, -0.1) is 0 Å². The second-order valence-corrected chi connectivity index (χ2v) is 7.96. The standard InChI is InChI=1S/C20H26ClNO7/c1-11(2)18(25)28-19(12(3)4)29-20(26)22-10-15(9-16(22)17(23)24)27-14-7-5-6-13(21)8-14/h5-8,11-12,15-16,19H,9-10H2,1-4H3,(H,23,24)/t15-,16-,19+/m0/s1. The van der Waals surface area contributed by atoms with E-state index in [0.29, 0.717) is 10.8 Å². The molecule has 3 atom stereocenters. The molecule has 9 heteroatoms. The maximum Gasteiger partial charge on any atom is 0.413 e. The number of nitrogens with zero attached hydrogens (tertiary/aromatic N) is 1. The molecule has 0 saturated carbocycles. The molecule has 0 aromatic heterocycles. The molecule has 0 radical (unpaired) electrons. The van der Waals surface area contributed by atoms with E-state index in [1.54, 1.807) is 52.0 Å². The lowest BCUT2D eigenvalue weighted by Crippen LogP contribution is -2.44. The van der Waals surface area contributed by atoms with Crippen LogP contribution in [0.1, 0.15) is 34.1 Å². The van der Waals surface area contributed by atoms with Gasteiger partial charge in [-0.2, -0.15) is 0 Å². The number of carbonyl (C=O) groups excluding carboxylic acids is 2. The molecule has 8 nitrogen and oxygen atoms in total. The Bertz CT molecular complexity index is 752. The van der Waals surface area contributed by atoms with Gasteiger partial charge in [0.05, 0.1) is 12.5 Å². The van der Waals surface area contributed by atoms with Crippen LogP contribution >= 0.6 is 11.6 Å². The molecule has 1 aliphatic heterocycles. The second kappa shape index (κ2) is 9.82. The first kappa shape index (κ1) is 22.8. The van der Waals surface area contributed by atoms with Gasteiger partial charge in [-0.05, 0) is 18.2 Å². The van der Waals surface area contributed by atoms with Gasteiger partial charge in [-0.25, -0.2) is 9.59 Å². The lowest BCUT2D eigenvalue weighted by Gasteiger charge is -2.26. The van der Waals surface area contributed by atoms with Gasteiger partial charge in [0.1, 0.15) is 17.9 Å². The number of carboxylic acid groups (broad SMARTS) is 1. The first-order valence-electron chi connectivity index (χ1n) is 9.41. The van der Waals surface area contributed by atoms with Crippen LogP contribution in [-0.2, 0) is 19.1 Å². The Morgan fingerprint density at radius 1 is 1.17 bits per heavy atom. The molecule has 1 saturated heterocycles. The van der Waals surface area contributed by atoms with E-state index in [4.69, 9.17) is 25.8 Å². The third kappa shape index (κ3) is 6.25. The van der Waals surface area contributed by atoms with Crippen molar-refractivity contribution in [1.82, 2.24) is 4.90 Å². The van der Waals surface area contributed by atoms with E-state index < -0.39 is 36.5 Å². The molecule has 1 amide bonds. The molecular formula is C20H26ClNO7. The maximum atomic E-state index is 12.7. The largest absolute Gasteiger partial charge is 0.488 e. The number of amides is 1. The van der Waals surface area contributed by atoms with Crippen LogP contribution in [0, 0.1) is 11.8 Å². The summed E-state index contributed by atoms with van der Waals surface area (Å²) in [6, 6.07) is 5.60. The average Bonchev–Trinajstić information content (AvgIpc) is 3.05. The fraction of sp³-hybridized carbons (Fsp3) is 0.550. The van der Waals surface area contributed by atoms with Crippen molar-refractivity contribution in [2.75, 3.05) is 6.54 Å². The summed E-state index contributed by atoms with van der Waals surface area (Å²) in [5.74, 6) is -1.88. The number of ether oxygens (including phenoxy) is 3. The minimum Gasteiger partial charge on any atom is -0.488 e. The Kier molecular flexibility index (Phi) is 7.73. The first-order valence-corrected chi connectivity index (χ1v) is 9.79. The van der Waals surface area contributed by atoms with Gasteiger partial charge in [0.25, 0.3) is 6.29 Å². The van der Waals surface area contributed by atoms with E-state index in [1.165, 1.54) is 0 Å². The van der Waals surface area contributed by atoms with Crippen LogP contribution in [0.25, 0.3) is 0 Å². The number of esters is 1. The smallest absolute Gasteiger partial charge is 0.413 e. The molecule has 1 aromatic carbocycles. The highest BCUT2D eigenvalue weighted by Gasteiger charge is 2.43. The quantitative estimate of drug-likeness (QED) is 0.524. The molecule has 29 heavy (non-hydrogen) atoms. The van der Waals surface area contributed by atoms with Crippen molar-refractivity contribution in [3.63, 3.8) is 0 Å². The molecule has 1 aromatic rings. The number of carboxylic acids is 1. The van der Waals surface area contributed by atoms with Gasteiger partial charge in [-0.1, -0.05) is 45.4 Å². The van der Waals surface area contributed by atoms with Crippen LogP contribution in [-0.4, -0.2) is 53.0 Å². The highest BCUT2D eigenvalue weighted by Crippen LogP contribution is 2.26. The summed E-state index contributed by atoms with van der Waals surface area (Å²) in [4.78, 5) is 37.2. The van der Waals surface area contributed by atoms with E-state index >= 15 is 0 Å². The minimum atomic E-state index is -1.17. The molecule has 0 aliphatic carbocycles. The Hall–Kier alpha value is -2.48. The molecule has 0 unspecified atom stereocenters. The molecular weight excluding hydrogens is 402 g/mol. The average molecular weight is 428 g/mol. The number of aliphatic carboxylic acids is 1. The van der Waals surface area contributed by atoms with Crippen molar-refractivity contribution in [3.05, 3.63) is 29.3 Å². The van der Waals surface area contributed by atoms with Crippen molar-refractivity contribution in [1.29, 1.82) is 0 Å². The number of carbonyl (C=O) groups is 3. The number of hydrogen-bond donors (Lipinski definition) is 1. The molecule has 0 spiro atoms. The summed E-state index contributed by atoms with van der Waals surface area (Å²) < 4.78 is 16.3. The number of halogens is 1. The van der Waals surface area contributed by atoms with Crippen LogP contribution in [0.5, 0.6) is 5.75 Å². The van der Waals surface area contributed by atoms with Gasteiger partial charge in [-0.3, -0.25) is 9.69 Å². The van der Waals surface area contributed by atoms with Gasteiger partial charge in [0.15, 0.2) is 0 Å². The van der Waals surface area contributed by atoms with E-state index in [-0.39, 0.29) is 24.8 Å². The van der Waals surface area contributed by atoms with Crippen LogP contribution in [0.2, 0.25) is 5.02 Å². The fourth-order valence-corrected chi connectivity index (χ4v) is 2.95. The number of likely N-dealkylation sites (tertiary alicyclic amines) is 1. The van der Waals surface area contributed by atoms with Crippen molar-refractivity contribution in [2.45, 2.75) is 52.6 Å². The number of rotatable bonds is 7. The predicted octanol–water partition coefficient (Wildman–Crippen LogP) is 3.56. The molecule has 2 rings (SSSR count). The Labute approximate surface area is 174 Å². The van der Waals surface area contributed by atoms with E-state index in [9.17, 15) is 19.5 Å². The molecule has 0 bridgehead atoms. The van der Waals surface area contributed by atoms with Crippen LogP contribution < -0.4 is 4.74 Å². The van der Waals surface area contributed by atoms with Crippen molar-refractivity contribution >= 4 is 29.6 Å². The van der Waals surface area contributed by atoms with Crippen LogP contribution in [0.3, 0.4) is 0 Å². The van der Waals surface area contributed by atoms with Gasteiger partial charge in [0, 0.05) is 17.4 Å². The normalized spacial score (nSPS) is 19.9. The summed E-state index contributed by atoms with van der Waals surface area (Å²) in [6.45, 7) is 6.82. The summed E-state index contributed by atoms with van der Waals surface area (Å²) in [6.07, 6.45) is -2.43. The summed E-state index contributed by atoms with van der Waals surface area (Å²) in [7, 11) is 0.